The van der Waals surface area contributed by atoms with Crippen LogP contribution in [0.5, 0.6) is 0 Å². The molecule has 106 valence electrons. The smallest absolute Gasteiger partial charge is 0.126 e. The first-order valence-electron chi connectivity index (χ1n) is 6.53. The topological polar surface area (TPSA) is 12.0 Å². The summed E-state index contributed by atoms with van der Waals surface area (Å²) in [7, 11) is 0. The maximum absolute atomic E-state index is 13.7. The third kappa shape index (κ3) is 3.56. The zero-order valence-electron chi connectivity index (χ0n) is 11.2. The Morgan fingerprint density at radius 3 is 2.55 bits per heavy atom. The second kappa shape index (κ2) is 6.82. The van der Waals surface area contributed by atoms with Crippen LogP contribution in [0.2, 0.25) is 5.02 Å². The van der Waals surface area contributed by atoms with Crippen LogP contribution >= 0.6 is 11.6 Å². The third-order valence-electron chi connectivity index (χ3n) is 3.17. The zero-order valence-corrected chi connectivity index (χ0v) is 11.9. The van der Waals surface area contributed by atoms with E-state index in [0.717, 1.165) is 5.56 Å². The fraction of sp³-hybridized carbons (Fsp3) is 0.250. The molecule has 4 heteroatoms. The summed E-state index contributed by atoms with van der Waals surface area (Å²) >= 11 is 6.09. The quantitative estimate of drug-likeness (QED) is 0.855. The highest BCUT2D eigenvalue weighted by molar-refractivity contribution is 6.31. The van der Waals surface area contributed by atoms with Crippen molar-refractivity contribution in [3.8, 4) is 0 Å². The number of halogens is 3. The largest absolute Gasteiger partial charge is 0.310 e. The van der Waals surface area contributed by atoms with Crippen molar-refractivity contribution in [2.75, 3.05) is 6.54 Å². The van der Waals surface area contributed by atoms with E-state index in [0.29, 0.717) is 23.6 Å². The average molecular weight is 296 g/mol. The lowest BCUT2D eigenvalue weighted by Gasteiger charge is -2.20. The minimum atomic E-state index is -0.375. The molecular weight excluding hydrogens is 280 g/mol. The highest BCUT2D eigenvalue weighted by Crippen LogP contribution is 2.27. The molecule has 0 aliphatic carbocycles. The summed E-state index contributed by atoms with van der Waals surface area (Å²) < 4.78 is 26.9. The summed E-state index contributed by atoms with van der Waals surface area (Å²) in [5, 5.41) is 3.62. The van der Waals surface area contributed by atoms with E-state index in [9.17, 15) is 8.78 Å². The molecule has 1 unspecified atom stereocenters. The molecule has 1 N–H and O–H groups in total. The van der Waals surface area contributed by atoms with Crippen LogP contribution in [-0.4, -0.2) is 6.54 Å². The Balaban J connectivity index is 2.29. The Kier molecular flexibility index (Phi) is 5.10. The van der Waals surface area contributed by atoms with Gasteiger partial charge in [-0.1, -0.05) is 42.8 Å². The van der Waals surface area contributed by atoms with Crippen molar-refractivity contribution in [3.63, 3.8) is 0 Å². The summed E-state index contributed by atoms with van der Waals surface area (Å²) in [5.74, 6) is -0.617. The van der Waals surface area contributed by atoms with Crippen LogP contribution in [0.15, 0.2) is 42.5 Å². The monoisotopic (exact) mass is 295 g/mol. The molecule has 0 bridgehead atoms. The van der Waals surface area contributed by atoms with Crippen LogP contribution < -0.4 is 5.32 Å². The van der Waals surface area contributed by atoms with Crippen molar-refractivity contribution in [1.82, 2.24) is 5.32 Å². The van der Waals surface area contributed by atoms with E-state index in [1.54, 1.807) is 24.3 Å². The van der Waals surface area contributed by atoms with Gasteiger partial charge < -0.3 is 5.32 Å². The molecule has 0 saturated heterocycles. The van der Waals surface area contributed by atoms with Crippen molar-refractivity contribution in [3.05, 3.63) is 70.2 Å². The lowest BCUT2D eigenvalue weighted by Crippen LogP contribution is -2.23. The zero-order chi connectivity index (χ0) is 14.5. The van der Waals surface area contributed by atoms with Gasteiger partial charge in [0.15, 0.2) is 0 Å². The molecule has 0 saturated carbocycles. The van der Waals surface area contributed by atoms with Gasteiger partial charge in [-0.25, -0.2) is 8.78 Å². The second-order valence-corrected chi connectivity index (χ2v) is 4.98. The molecule has 2 rings (SSSR count). The van der Waals surface area contributed by atoms with E-state index < -0.39 is 0 Å². The molecule has 1 nitrogen and oxygen atoms in total. The Bertz CT molecular complexity index is 586. The van der Waals surface area contributed by atoms with Crippen LogP contribution in [-0.2, 0) is 6.42 Å². The average Bonchev–Trinajstić information content (AvgIpc) is 2.41. The van der Waals surface area contributed by atoms with Gasteiger partial charge in [-0.3, -0.25) is 0 Å². The highest BCUT2D eigenvalue weighted by Gasteiger charge is 2.16. The predicted molar refractivity (Wildman–Crippen MR) is 77.9 cm³/mol. The second-order valence-electron chi connectivity index (χ2n) is 4.57. The molecule has 1 atom stereocenters. The molecule has 0 fully saturated rings. The van der Waals surface area contributed by atoms with Crippen LogP contribution in [0.4, 0.5) is 8.78 Å². The molecule has 20 heavy (non-hydrogen) atoms. The molecule has 0 heterocycles. The van der Waals surface area contributed by atoms with Crippen LogP contribution in [0, 0.1) is 11.6 Å². The minimum absolute atomic E-state index is 0.148. The van der Waals surface area contributed by atoms with E-state index in [1.165, 1.54) is 18.2 Å². The van der Waals surface area contributed by atoms with Crippen molar-refractivity contribution in [2.24, 2.45) is 0 Å². The van der Waals surface area contributed by atoms with Crippen molar-refractivity contribution >= 4 is 11.6 Å². The Morgan fingerprint density at radius 1 is 1.15 bits per heavy atom. The summed E-state index contributed by atoms with van der Waals surface area (Å²) in [6.45, 7) is 2.68. The Morgan fingerprint density at radius 2 is 1.90 bits per heavy atom. The lowest BCUT2D eigenvalue weighted by molar-refractivity contribution is 0.526. The first kappa shape index (κ1) is 14.9. The summed E-state index contributed by atoms with van der Waals surface area (Å²) in [4.78, 5) is 0. The maximum atomic E-state index is 13.7. The Hall–Kier alpha value is -1.45. The Labute approximate surface area is 122 Å². The van der Waals surface area contributed by atoms with Crippen molar-refractivity contribution in [2.45, 2.75) is 19.4 Å². The van der Waals surface area contributed by atoms with E-state index in [2.05, 4.69) is 5.32 Å². The van der Waals surface area contributed by atoms with E-state index in [1.807, 2.05) is 6.92 Å². The number of likely N-dealkylation sites (N-methyl/N-ethyl adjacent to an activating group) is 1. The molecule has 2 aromatic carbocycles. The number of rotatable bonds is 5. The van der Waals surface area contributed by atoms with Gasteiger partial charge in [-0.2, -0.15) is 0 Å². The highest BCUT2D eigenvalue weighted by atomic mass is 35.5. The predicted octanol–water partition coefficient (Wildman–Crippen LogP) is 4.51. The number of hydrogen-bond donors (Lipinski definition) is 1. The van der Waals surface area contributed by atoms with Crippen LogP contribution in [0.1, 0.15) is 24.1 Å². The van der Waals surface area contributed by atoms with Gasteiger partial charge in [0.2, 0.25) is 0 Å². The summed E-state index contributed by atoms with van der Waals surface area (Å²) in [6.07, 6.45) is 0.464. The lowest BCUT2D eigenvalue weighted by atomic mass is 9.98. The van der Waals surface area contributed by atoms with Crippen LogP contribution in [0.3, 0.4) is 0 Å². The molecule has 0 aliphatic rings. The van der Waals surface area contributed by atoms with Crippen LogP contribution in [0.25, 0.3) is 0 Å². The fourth-order valence-electron chi connectivity index (χ4n) is 2.21. The first-order chi connectivity index (χ1) is 9.61. The van der Waals surface area contributed by atoms with Gasteiger partial charge in [-0.05, 0) is 42.3 Å². The van der Waals surface area contributed by atoms with Gasteiger partial charge in [-0.15, -0.1) is 0 Å². The standard InChI is InChI=1S/C16H16ClF2N/c1-2-20-16(9-11-5-3-4-6-15(11)19)13-8-7-12(18)10-14(13)17/h3-8,10,16,20H,2,9H2,1H3. The van der Waals surface area contributed by atoms with Gasteiger partial charge >= 0.3 is 0 Å². The molecule has 0 aliphatic heterocycles. The molecule has 0 spiro atoms. The van der Waals surface area contributed by atoms with Crippen molar-refractivity contribution in [1.29, 1.82) is 0 Å². The van der Waals surface area contributed by atoms with E-state index in [4.69, 9.17) is 11.6 Å². The van der Waals surface area contributed by atoms with Gasteiger partial charge in [0.05, 0.1) is 0 Å². The van der Waals surface area contributed by atoms with E-state index in [-0.39, 0.29) is 17.7 Å². The van der Waals surface area contributed by atoms with E-state index >= 15 is 0 Å². The SMILES string of the molecule is CCNC(Cc1ccccc1F)c1ccc(F)cc1Cl. The normalized spacial score (nSPS) is 12.4. The molecular formula is C16H16ClF2N. The molecule has 0 aromatic heterocycles. The maximum Gasteiger partial charge on any atom is 0.126 e. The van der Waals surface area contributed by atoms with Crippen molar-refractivity contribution < 1.29 is 8.78 Å². The molecule has 0 radical (unpaired) electrons. The minimum Gasteiger partial charge on any atom is -0.310 e. The van der Waals surface area contributed by atoms with Gasteiger partial charge in [0.25, 0.3) is 0 Å². The van der Waals surface area contributed by atoms with Gasteiger partial charge in [0, 0.05) is 11.1 Å². The number of hydrogen-bond acceptors (Lipinski definition) is 1. The number of nitrogens with one attached hydrogen (secondary N) is 1. The fourth-order valence-corrected chi connectivity index (χ4v) is 2.51. The molecule has 0 amide bonds. The summed E-state index contributed by atoms with van der Waals surface area (Å²) in [5.41, 5.74) is 1.39. The summed E-state index contributed by atoms with van der Waals surface area (Å²) in [6, 6.07) is 10.8. The first-order valence-corrected chi connectivity index (χ1v) is 6.91. The molecule has 2 aromatic rings. The number of benzene rings is 2. The third-order valence-corrected chi connectivity index (χ3v) is 3.50. The van der Waals surface area contributed by atoms with Gasteiger partial charge in [0.1, 0.15) is 11.6 Å².